The fourth-order valence-corrected chi connectivity index (χ4v) is 1.89. The van der Waals surface area contributed by atoms with Crippen LogP contribution < -0.4 is 4.90 Å². The first-order chi connectivity index (χ1) is 8.58. The monoisotopic (exact) mass is 251 g/mol. The number of rotatable bonds is 3. The van der Waals surface area contributed by atoms with Gasteiger partial charge in [-0.3, -0.25) is 0 Å². The Labute approximate surface area is 103 Å². The number of aromatic carboxylic acids is 2. The third-order valence-electron chi connectivity index (χ3n) is 2.79. The average Bonchev–Trinajstić information content (AvgIpc) is 2.39. The molecule has 1 fully saturated rings. The number of carboxylic acid groups (broad SMARTS) is 2. The summed E-state index contributed by atoms with van der Waals surface area (Å²) in [4.78, 5) is 31.4. The van der Waals surface area contributed by atoms with Crippen LogP contribution in [0.15, 0.2) is 6.07 Å². The highest BCUT2D eigenvalue weighted by Gasteiger charge is 2.19. The van der Waals surface area contributed by atoms with Crippen LogP contribution in [0.4, 0.5) is 5.95 Å². The third kappa shape index (κ3) is 2.55. The zero-order chi connectivity index (χ0) is 13.1. The predicted octanol–water partition coefficient (Wildman–Crippen LogP) is 0.863. The second-order valence-corrected chi connectivity index (χ2v) is 4.10. The van der Waals surface area contributed by atoms with Crippen LogP contribution in [0.3, 0.4) is 0 Å². The third-order valence-corrected chi connectivity index (χ3v) is 2.79. The van der Waals surface area contributed by atoms with Crippen LogP contribution in [0.2, 0.25) is 0 Å². The van der Waals surface area contributed by atoms with Crippen molar-refractivity contribution in [2.75, 3.05) is 18.0 Å². The molecule has 0 atom stereocenters. The zero-order valence-corrected chi connectivity index (χ0v) is 9.67. The minimum absolute atomic E-state index is 0.187. The number of aromatic nitrogens is 2. The Kier molecular flexibility index (Phi) is 3.40. The summed E-state index contributed by atoms with van der Waals surface area (Å²) < 4.78 is 0. The Hall–Kier alpha value is -2.18. The van der Waals surface area contributed by atoms with Crippen LogP contribution in [-0.2, 0) is 0 Å². The number of hydrogen-bond acceptors (Lipinski definition) is 5. The summed E-state index contributed by atoms with van der Waals surface area (Å²) in [6, 6.07) is 0.970. The van der Waals surface area contributed by atoms with E-state index in [0.717, 1.165) is 38.4 Å². The van der Waals surface area contributed by atoms with Gasteiger partial charge in [0.1, 0.15) is 0 Å². The average molecular weight is 251 g/mol. The van der Waals surface area contributed by atoms with Gasteiger partial charge in [-0.05, 0) is 19.3 Å². The lowest BCUT2D eigenvalue weighted by molar-refractivity contribution is 0.0689. The molecule has 2 N–H and O–H groups in total. The Balaban J connectivity index is 2.38. The minimum Gasteiger partial charge on any atom is -0.477 e. The van der Waals surface area contributed by atoms with Crippen molar-refractivity contribution in [3.63, 3.8) is 0 Å². The molecular weight excluding hydrogens is 238 g/mol. The standard InChI is InChI=1S/C11H13N3O4/c15-9(16)7-6-8(10(17)18)13-11(12-7)14-4-2-1-3-5-14/h6H,1-5H2,(H,15,16)(H,17,18). The van der Waals surface area contributed by atoms with Gasteiger partial charge in [-0.25, -0.2) is 19.6 Å². The Morgan fingerprint density at radius 3 is 1.94 bits per heavy atom. The molecule has 7 nitrogen and oxygen atoms in total. The Morgan fingerprint density at radius 1 is 1.00 bits per heavy atom. The highest BCUT2D eigenvalue weighted by molar-refractivity contribution is 5.91. The summed E-state index contributed by atoms with van der Waals surface area (Å²) in [6.07, 6.45) is 3.06. The van der Waals surface area contributed by atoms with Crippen molar-refractivity contribution in [1.29, 1.82) is 0 Å². The van der Waals surface area contributed by atoms with Gasteiger partial charge < -0.3 is 15.1 Å². The SMILES string of the molecule is O=C(O)c1cc(C(=O)O)nc(N2CCCCC2)n1. The highest BCUT2D eigenvalue weighted by Crippen LogP contribution is 2.16. The van der Waals surface area contributed by atoms with Crippen molar-refractivity contribution < 1.29 is 19.8 Å². The summed E-state index contributed by atoms with van der Waals surface area (Å²) >= 11 is 0. The van der Waals surface area contributed by atoms with E-state index in [0.29, 0.717) is 0 Å². The molecule has 0 radical (unpaired) electrons. The van der Waals surface area contributed by atoms with Crippen molar-refractivity contribution in [2.45, 2.75) is 19.3 Å². The van der Waals surface area contributed by atoms with Gasteiger partial charge in [0, 0.05) is 19.2 Å². The van der Waals surface area contributed by atoms with Crippen LogP contribution in [0.5, 0.6) is 0 Å². The maximum Gasteiger partial charge on any atom is 0.354 e. The molecule has 1 aliphatic heterocycles. The van der Waals surface area contributed by atoms with E-state index in [1.54, 1.807) is 0 Å². The van der Waals surface area contributed by atoms with E-state index in [-0.39, 0.29) is 17.3 Å². The number of carboxylic acids is 2. The molecule has 0 aliphatic carbocycles. The normalized spacial score (nSPS) is 15.4. The van der Waals surface area contributed by atoms with Gasteiger partial charge in [-0.2, -0.15) is 0 Å². The van der Waals surface area contributed by atoms with Gasteiger partial charge >= 0.3 is 11.9 Å². The van der Waals surface area contributed by atoms with Crippen LogP contribution in [-0.4, -0.2) is 45.2 Å². The Morgan fingerprint density at radius 2 is 1.50 bits per heavy atom. The zero-order valence-electron chi connectivity index (χ0n) is 9.67. The van der Waals surface area contributed by atoms with E-state index in [4.69, 9.17) is 10.2 Å². The molecule has 0 unspecified atom stereocenters. The smallest absolute Gasteiger partial charge is 0.354 e. The van der Waals surface area contributed by atoms with Gasteiger partial charge in [0.05, 0.1) is 0 Å². The van der Waals surface area contributed by atoms with E-state index < -0.39 is 11.9 Å². The molecule has 1 aromatic rings. The van der Waals surface area contributed by atoms with Crippen LogP contribution in [0.25, 0.3) is 0 Å². The molecule has 7 heteroatoms. The lowest BCUT2D eigenvalue weighted by Crippen LogP contribution is -2.32. The molecule has 0 spiro atoms. The second-order valence-electron chi connectivity index (χ2n) is 4.10. The van der Waals surface area contributed by atoms with Gasteiger partial charge in [-0.15, -0.1) is 0 Å². The molecule has 0 bridgehead atoms. The molecule has 2 rings (SSSR count). The summed E-state index contributed by atoms with van der Waals surface area (Å²) in [5, 5.41) is 17.8. The predicted molar refractivity (Wildman–Crippen MR) is 62.0 cm³/mol. The summed E-state index contributed by atoms with van der Waals surface area (Å²) in [5.74, 6) is -2.32. The van der Waals surface area contributed by atoms with Crippen LogP contribution in [0, 0.1) is 0 Å². The molecular formula is C11H13N3O4. The van der Waals surface area contributed by atoms with Gasteiger partial charge in [0.2, 0.25) is 5.95 Å². The molecule has 0 amide bonds. The van der Waals surface area contributed by atoms with Gasteiger partial charge in [0.15, 0.2) is 11.4 Å². The van der Waals surface area contributed by atoms with Crippen molar-refractivity contribution in [3.05, 3.63) is 17.5 Å². The van der Waals surface area contributed by atoms with E-state index in [2.05, 4.69) is 9.97 Å². The maximum atomic E-state index is 10.9. The van der Waals surface area contributed by atoms with Crippen molar-refractivity contribution >= 4 is 17.9 Å². The summed E-state index contributed by atoms with van der Waals surface area (Å²) in [7, 11) is 0. The molecule has 1 saturated heterocycles. The summed E-state index contributed by atoms with van der Waals surface area (Å²) in [5.41, 5.74) is -0.578. The number of piperidine rings is 1. The fraction of sp³-hybridized carbons (Fsp3) is 0.455. The highest BCUT2D eigenvalue weighted by atomic mass is 16.4. The Bertz CT molecular complexity index is 451. The lowest BCUT2D eigenvalue weighted by Gasteiger charge is -2.26. The molecule has 0 aromatic carbocycles. The first-order valence-electron chi connectivity index (χ1n) is 5.68. The second kappa shape index (κ2) is 4.99. The van der Waals surface area contributed by atoms with Crippen LogP contribution in [0.1, 0.15) is 40.2 Å². The van der Waals surface area contributed by atoms with E-state index >= 15 is 0 Å². The number of anilines is 1. The fourth-order valence-electron chi connectivity index (χ4n) is 1.89. The van der Waals surface area contributed by atoms with E-state index in [9.17, 15) is 9.59 Å². The molecule has 1 aliphatic rings. The maximum absolute atomic E-state index is 10.9. The quantitative estimate of drug-likeness (QED) is 0.821. The molecule has 18 heavy (non-hydrogen) atoms. The van der Waals surface area contributed by atoms with Gasteiger partial charge in [0.25, 0.3) is 0 Å². The number of nitrogens with zero attached hydrogens (tertiary/aromatic N) is 3. The minimum atomic E-state index is -1.25. The van der Waals surface area contributed by atoms with Crippen molar-refractivity contribution in [2.24, 2.45) is 0 Å². The van der Waals surface area contributed by atoms with Crippen LogP contribution >= 0.6 is 0 Å². The molecule has 2 heterocycles. The lowest BCUT2D eigenvalue weighted by atomic mass is 10.1. The van der Waals surface area contributed by atoms with E-state index in [1.807, 2.05) is 4.90 Å². The first-order valence-corrected chi connectivity index (χ1v) is 5.68. The molecule has 96 valence electrons. The number of carbonyl (C=O) groups is 2. The van der Waals surface area contributed by atoms with Gasteiger partial charge in [-0.1, -0.05) is 0 Å². The van der Waals surface area contributed by atoms with Crippen molar-refractivity contribution in [1.82, 2.24) is 9.97 Å². The summed E-state index contributed by atoms with van der Waals surface area (Å²) in [6.45, 7) is 1.45. The number of hydrogen-bond donors (Lipinski definition) is 2. The van der Waals surface area contributed by atoms with Crippen molar-refractivity contribution in [3.8, 4) is 0 Å². The molecule has 1 aromatic heterocycles. The largest absolute Gasteiger partial charge is 0.477 e. The molecule has 0 saturated carbocycles. The van der Waals surface area contributed by atoms with E-state index in [1.165, 1.54) is 0 Å². The topological polar surface area (TPSA) is 104 Å². The first kappa shape index (κ1) is 12.3.